The van der Waals surface area contributed by atoms with Crippen molar-refractivity contribution < 1.29 is 4.39 Å². The van der Waals surface area contributed by atoms with E-state index in [-0.39, 0.29) is 37.5 Å². The molecule has 1 atom stereocenters. The average molecular weight is 360 g/mol. The maximum Gasteiger partial charge on any atom is 0.109 e. The number of alkyl halides is 1. The number of nitrogens with zero attached hydrogens (tertiary/aromatic N) is 1. The number of nitrogens with one attached hydrogen (secondary N) is 1. The van der Waals surface area contributed by atoms with Gasteiger partial charge in [-0.15, -0.1) is 24.8 Å². The van der Waals surface area contributed by atoms with E-state index in [9.17, 15) is 4.39 Å². The third-order valence-electron chi connectivity index (χ3n) is 3.00. The Labute approximate surface area is 128 Å². The van der Waals surface area contributed by atoms with E-state index in [4.69, 9.17) is 0 Å². The van der Waals surface area contributed by atoms with E-state index in [1.807, 2.05) is 24.3 Å². The first kappa shape index (κ1) is 18.1. The fourth-order valence-electron chi connectivity index (χ4n) is 2.12. The minimum atomic E-state index is -0.331. The van der Waals surface area contributed by atoms with Crippen LogP contribution in [0.4, 0.5) is 4.39 Å². The molecule has 0 aromatic heterocycles. The quantitative estimate of drug-likeness (QED) is 0.891. The maximum atomic E-state index is 13.2. The van der Waals surface area contributed by atoms with Crippen LogP contribution in [0.5, 0.6) is 0 Å². The summed E-state index contributed by atoms with van der Waals surface area (Å²) >= 11 is 3.50. The molecule has 0 spiro atoms. The first-order valence-electron chi connectivity index (χ1n) is 5.58. The molecule has 0 bridgehead atoms. The van der Waals surface area contributed by atoms with E-state index >= 15 is 0 Å². The summed E-state index contributed by atoms with van der Waals surface area (Å²) in [5.74, 6) is 0. The van der Waals surface area contributed by atoms with Crippen molar-refractivity contribution in [1.82, 2.24) is 10.2 Å². The second-order valence-electron chi connectivity index (χ2n) is 3.98. The molecular weight excluding hydrogens is 342 g/mol. The Hall–Kier alpha value is 0.130. The van der Waals surface area contributed by atoms with Crippen LogP contribution in [0.3, 0.4) is 0 Å². The van der Waals surface area contributed by atoms with Crippen molar-refractivity contribution in [3.8, 4) is 0 Å². The summed E-state index contributed by atoms with van der Waals surface area (Å²) in [6.07, 6.45) is 0. The minimum absolute atomic E-state index is 0. The third-order valence-corrected chi connectivity index (χ3v) is 3.72. The van der Waals surface area contributed by atoms with Crippen molar-refractivity contribution in [3.05, 3.63) is 34.3 Å². The molecule has 0 saturated carbocycles. The molecule has 1 aromatic carbocycles. The molecule has 0 radical (unpaired) electrons. The highest BCUT2D eigenvalue weighted by Gasteiger charge is 2.23. The molecule has 0 amide bonds. The molecule has 2 nitrogen and oxygen atoms in total. The highest BCUT2D eigenvalue weighted by molar-refractivity contribution is 9.10. The van der Waals surface area contributed by atoms with Gasteiger partial charge in [0, 0.05) is 30.7 Å². The molecule has 1 heterocycles. The molecule has 1 aliphatic rings. The Morgan fingerprint density at radius 2 is 1.83 bits per heavy atom. The zero-order valence-corrected chi connectivity index (χ0v) is 13.2. The van der Waals surface area contributed by atoms with Crippen LogP contribution in [0.25, 0.3) is 0 Å². The van der Waals surface area contributed by atoms with Crippen LogP contribution in [-0.2, 0) is 0 Å². The van der Waals surface area contributed by atoms with Crippen molar-refractivity contribution in [2.24, 2.45) is 0 Å². The maximum absolute atomic E-state index is 13.2. The molecule has 6 heteroatoms. The van der Waals surface area contributed by atoms with Gasteiger partial charge in [0.1, 0.15) is 6.67 Å². The van der Waals surface area contributed by atoms with Crippen LogP contribution in [0, 0.1) is 0 Å². The van der Waals surface area contributed by atoms with Gasteiger partial charge in [-0.1, -0.05) is 34.1 Å². The van der Waals surface area contributed by atoms with Gasteiger partial charge in [0.15, 0.2) is 0 Å². The summed E-state index contributed by atoms with van der Waals surface area (Å²) < 4.78 is 14.2. The van der Waals surface area contributed by atoms with Crippen molar-refractivity contribution in [2.75, 3.05) is 32.9 Å². The summed E-state index contributed by atoms with van der Waals surface area (Å²) in [6, 6.07) is 7.78. The first-order valence-corrected chi connectivity index (χ1v) is 6.37. The molecule has 2 rings (SSSR count). The molecule has 1 fully saturated rings. The van der Waals surface area contributed by atoms with E-state index in [2.05, 4.69) is 26.1 Å². The van der Waals surface area contributed by atoms with E-state index in [1.165, 1.54) is 0 Å². The van der Waals surface area contributed by atoms with Gasteiger partial charge in [-0.3, -0.25) is 4.90 Å². The molecule has 1 aliphatic heterocycles. The zero-order valence-electron chi connectivity index (χ0n) is 9.94. The van der Waals surface area contributed by atoms with Gasteiger partial charge < -0.3 is 5.32 Å². The van der Waals surface area contributed by atoms with Crippen molar-refractivity contribution in [3.63, 3.8) is 0 Å². The van der Waals surface area contributed by atoms with Gasteiger partial charge >= 0.3 is 0 Å². The topological polar surface area (TPSA) is 15.3 Å². The number of benzene rings is 1. The predicted octanol–water partition coefficient (Wildman–Crippen LogP) is 3.21. The van der Waals surface area contributed by atoms with Gasteiger partial charge in [0.25, 0.3) is 0 Å². The first-order chi connectivity index (χ1) is 7.83. The van der Waals surface area contributed by atoms with E-state index in [1.54, 1.807) is 0 Å². The standard InChI is InChI=1S/C12H16BrFN2.2ClH/c13-11-4-2-1-3-10(11)12(9-14)16-7-5-15-6-8-16;;/h1-4,12,15H,5-9H2;2*1H/t12-;;/m1../s1. The molecule has 18 heavy (non-hydrogen) atoms. The Morgan fingerprint density at radius 3 is 2.39 bits per heavy atom. The van der Waals surface area contributed by atoms with Gasteiger partial charge in [0.2, 0.25) is 0 Å². The van der Waals surface area contributed by atoms with Crippen molar-refractivity contribution in [1.29, 1.82) is 0 Å². The second kappa shape index (κ2) is 9.10. The van der Waals surface area contributed by atoms with Crippen LogP contribution in [0.2, 0.25) is 0 Å². The predicted molar refractivity (Wildman–Crippen MR) is 81.8 cm³/mol. The van der Waals surface area contributed by atoms with Crippen molar-refractivity contribution >= 4 is 40.7 Å². The lowest BCUT2D eigenvalue weighted by molar-refractivity contribution is 0.147. The lowest BCUT2D eigenvalue weighted by Crippen LogP contribution is -2.45. The number of piperazine rings is 1. The number of hydrogen-bond acceptors (Lipinski definition) is 2. The van der Waals surface area contributed by atoms with Crippen LogP contribution in [-0.4, -0.2) is 37.8 Å². The molecule has 0 aliphatic carbocycles. The monoisotopic (exact) mass is 358 g/mol. The third kappa shape index (κ3) is 4.35. The van der Waals surface area contributed by atoms with Gasteiger partial charge in [-0.05, 0) is 11.6 Å². The van der Waals surface area contributed by atoms with Gasteiger partial charge in [-0.25, -0.2) is 4.39 Å². The molecule has 1 aromatic rings. The Bertz CT molecular complexity index is 349. The van der Waals surface area contributed by atoms with E-state index in [0.29, 0.717) is 0 Å². The lowest BCUT2D eigenvalue weighted by atomic mass is 10.1. The summed E-state index contributed by atoms with van der Waals surface area (Å²) in [7, 11) is 0. The summed E-state index contributed by atoms with van der Waals surface area (Å²) in [4.78, 5) is 2.20. The highest BCUT2D eigenvalue weighted by atomic mass is 79.9. The normalized spacial score (nSPS) is 17.4. The van der Waals surface area contributed by atoms with E-state index < -0.39 is 0 Å². The minimum Gasteiger partial charge on any atom is -0.314 e. The molecule has 1 N–H and O–H groups in total. The molecule has 1 saturated heterocycles. The van der Waals surface area contributed by atoms with Crippen LogP contribution >= 0.6 is 40.7 Å². The number of rotatable bonds is 3. The Balaban J connectivity index is 0.00000144. The fourth-order valence-corrected chi connectivity index (χ4v) is 2.67. The van der Waals surface area contributed by atoms with Gasteiger partial charge in [0.05, 0.1) is 6.04 Å². The number of halogens is 4. The summed E-state index contributed by atoms with van der Waals surface area (Å²) in [6.45, 7) is 3.39. The van der Waals surface area contributed by atoms with Gasteiger partial charge in [-0.2, -0.15) is 0 Å². The largest absolute Gasteiger partial charge is 0.314 e. The smallest absolute Gasteiger partial charge is 0.109 e. The van der Waals surface area contributed by atoms with E-state index in [0.717, 1.165) is 36.2 Å². The molecule has 104 valence electrons. The van der Waals surface area contributed by atoms with Crippen LogP contribution in [0.15, 0.2) is 28.7 Å². The average Bonchev–Trinajstić information content (AvgIpc) is 2.34. The van der Waals surface area contributed by atoms with Crippen LogP contribution in [0.1, 0.15) is 11.6 Å². The van der Waals surface area contributed by atoms with Crippen molar-refractivity contribution in [2.45, 2.75) is 6.04 Å². The Morgan fingerprint density at radius 1 is 1.22 bits per heavy atom. The lowest BCUT2D eigenvalue weighted by Gasteiger charge is -2.34. The molecular formula is C12H18BrCl2FN2. The summed E-state index contributed by atoms with van der Waals surface area (Å²) in [5, 5.41) is 3.28. The zero-order chi connectivity index (χ0) is 11.4. The highest BCUT2D eigenvalue weighted by Crippen LogP contribution is 2.28. The number of hydrogen-bond donors (Lipinski definition) is 1. The second-order valence-corrected chi connectivity index (χ2v) is 4.83. The SMILES string of the molecule is Cl.Cl.FC[C@H](c1ccccc1Br)N1CCNCC1. The fraction of sp³-hybridized carbons (Fsp3) is 0.500. The summed E-state index contributed by atoms with van der Waals surface area (Å²) in [5.41, 5.74) is 1.05. The Kier molecular flexibility index (Phi) is 9.17. The van der Waals surface area contributed by atoms with Crippen LogP contribution < -0.4 is 5.32 Å². The molecule has 0 unspecified atom stereocenters.